The van der Waals surface area contributed by atoms with Crippen molar-refractivity contribution < 1.29 is 0 Å². The topological polar surface area (TPSA) is 72.9 Å². The van der Waals surface area contributed by atoms with Gasteiger partial charge >= 0.3 is 0 Å². The zero-order chi connectivity index (χ0) is 21.4. The summed E-state index contributed by atoms with van der Waals surface area (Å²) in [6, 6.07) is 16.8. The molecule has 5 rings (SSSR count). The minimum Gasteiger partial charge on any atom is -0.357 e. The van der Waals surface area contributed by atoms with Crippen molar-refractivity contribution in [2.24, 2.45) is 5.73 Å². The maximum atomic E-state index is 6.55. The molecule has 0 atom stereocenters. The molecule has 3 aromatic heterocycles. The Labute approximate surface area is 182 Å². The summed E-state index contributed by atoms with van der Waals surface area (Å²) in [4.78, 5) is 16.2. The van der Waals surface area contributed by atoms with Crippen LogP contribution in [0.2, 0.25) is 0 Å². The number of rotatable bonds is 6. The SMILES string of the molecule is CCN(CC)c1ncnc2c1cc(-c1ccccn1)n2-c1ccc(C2(N)CCC2)cc1. The number of benzene rings is 1. The van der Waals surface area contributed by atoms with Crippen LogP contribution in [0.1, 0.15) is 38.7 Å². The van der Waals surface area contributed by atoms with Crippen LogP contribution in [0.3, 0.4) is 0 Å². The van der Waals surface area contributed by atoms with Crippen molar-refractivity contribution in [3.05, 3.63) is 66.6 Å². The summed E-state index contributed by atoms with van der Waals surface area (Å²) in [5.41, 5.74) is 11.4. The molecule has 0 amide bonds. The molecule has 3 heterocycles. The second-order valence-corrected chi connectivity index (χ2v) is 8.24. The van der Waals surface area contributed by atoms with E-state index in [1.54, 1.807) is 6.33 Å². The normalized spacial score (nSPS) is 15.1. The highest BCUT2D eigenvalue weighted by Gasteiger charge is 2.34. The van der Waals surface area contributed by atoms with E-state index in [4.69, 9.17) is 5.73 Å². The molecule has 0 unspecified atom stereocenters. The Kier molecular flexibility index (Phi) is 4.94. The number of pyridine rings is 1. The van der Waals surface area contributed by atoms with Crippen LogP contribution >= 0.6 is 0 Å². The summed E-state index contributed by atoms with van der Waals surface area (Å²) in [6.45, 7) is 6.08. The van der Waals surface area contributed by atoms with Crippen molar-refractivity contribution in [1.29, 1.82) is 0 Å². The predicted octanol–water partition coefficient (Wildman–Crippen LogP) is 4.67. The molecule has 0 radical (unpaired) electrons. The van der Waals surface area contributed by atoms with Gasteiger partial charge in [-0.05, 0) is 69.0 Å². The van der Waals surface area contributed by atoms with Gasteiger partial charge in [0.1, 0.15) is 12.1 Å². The van der Waals surface area contributed by atoms with E-state index in [9.17, 15) is 0 Å². The van der Waals surface area contributed by atoms with Crippen LogP contribution in [-0.4, -0.2) is 32.6 Å². The van der Waals surface area contributed by atoms with Crippen molar-refractivity contribution in [3.63, 3.8) is 0 Å². The molecule has 1 saturated carbocycles. The molecule has 1 fully saturated rings. The lowest BCUT2D eigenvalue weighted by molar-refractivity contribution is 0.253. The van der Waals surface area contributed by atoms with E-state index in [0.717, 1.165) is 59.9 Å². The average Bonchev–Trinajstić information content (AvgIpc) is 3.19. The van der Waals surface area contributed by atoms with Crippen molar-refractivity contribution >= 4 is 16.9 Å². The number of anilines is 1. The lowest BCUT2D eigenvalue weighted by Gasteiger charge is -2.38. The van der Waals surface area contributed by atoms with Crippen molar-refractivity contribution in [3.8, 4) is 17.1 Å². The predicted molar refractivity (Wildman–Crippen MR) is 125 cm³/mol. The van der Waals surface area contributed by atoms with Crippen molar-refractivity contribution in [2.75, 3.05) is 18.0 Å². The first-order chi connectivity index (χ1) is 15.1. The van der Waals surface area contributed by atoms with E-state index in [-0.39, 0.29) is 5.54 Å². The summed E-state index contributed by atoms with van der Waals surface area (Å²) >= 11 is 0. The fourth-order valence-corrected chi connectivity index (χ4v) is 4.53. The Morgan fingerprint density at radius 3 is 2.39 bits per heavy atom. The third-order valence-corrected chi connectivity index (χ3v) is 6.51. The standard InChI is InChI=1S/C25H28N6/c1-3-30(4-2)23-20-16-22(21-8-5-6-15-27-21)31(24(20)29-17-28-23)19-11-9-18(10-12-19)25(26)13-7-14-25/h5-6,8-12,15-17H,3-4,7,13-14,26H2,1-2H3. The number of aromatic nitrogens is 4. The fraction of sp³-hybridized carbons (Fsp3) is 0.320. The van der Waals surface area contributed by atoms with Gasteiger partial charge in [0.2, 0.25) is 0 Å². The molecule has 1 aromatic carbocycles. The second kappa shape index (κ2) is 7.78. The van der Waals surface area contributed by atoms with E-state index in [1.165, 1.54) is 12.0 Å². The van der Waals surface area contributed by atoms with Gasteiger partial charge in [0.25, 0.3) is 0 Å². The fourth-order valence-electron chi connectivity index (χ4n) is 4.53. The van der Waals surface area contributed by atoms with Crippen LogP contribution < -0.4 is 10.6 Å². The number of nitrogens with two attached hydrogens (primary N) is 1. The Balaban J connectivity index is 1.71. The number of hydrogen-bond acceptors (Lipinski definition) is 5. The first-order valence-corrected chi connectivity index (χ1v) is 11.1. The Hall–Kier alpha value is -3.25. The zero-order valence-corrected chi connectivity index (χ0v) is 18.1. The summed E-state index contributed by atoms with van der Waals surface area (Å²) < 4.78 is 2.18. The quantitative estimate of drug-likeness (QED) is 0.498. The van der Waals surface area contributed by atoms with Crippen molar-refractivity contribution in [2.45, 2.75) is 38.6 Å². The Morgan fingerprint density at radius 2 is 1.77 bits per heavy atom. The van der Waals surface area contributed by atoms with Crippen LogP contribution in [0.15, 0.2) is 61.1 Å². The van der Waals surface area contributed by atoms with Gasteiger partial charge in [-0.3, -0.25) is 9.55 Å². The minimum atomic E-state index is -0.167. The molecule has 2 N–H and O–H groups in total. The third kappa shape index (κ3) is 3.27. The van der Waals surface area contributed by atoms with Gasteiger partial charge in [0, 0.05) is 30.5 Å². The molecule has 158 valence electrons. The Bertz CT molecular complexity index is 1190. The summed E-state index contributed by atoms with van der Waals surface area (Å²) in [5.74, 6) is 0.956. The van der Waals surface area contributed by atoms with Gasteiger partial charge in [-0.25, -0.2) is 9.97 Å². The van der Waals surface area contributed by atoms with Crippen LogP contribution in [0, 0.1) is 0 Å². The van der Waals surface area contributed by atoms with E-state index >= 15 is 0 Å². The van der Waals surface area contributed by atoms with Crippen LogP contribution in [0.4, 0.5) is 5.82 Å². The van der Waals surface area contributed by atoms with E-state index in [0.29, 0.717) is 0 Å². The van der Waals surface area contributed by atoms with Gasteiger partial charge in [-0.2, -0.15) is 0 Å². The molecule has 1 aliphatic carbocycles. The third-order valence-electron chi connectivity index (χ3n) is 6.51. The molecule has 0 spiro atoms. The van der Waals surface area contributed by atoms with Crippen molar-refractivity contribution in [1.82, 2.24) is 19.5 Å². The molecule has 0 bridgehead atoms. The molecule has 6 heteroatoms. The highest BCUT2D eigenvalue weighted by Crippen LogP contribution is 2.39. The van der Waals surface area contributed by atoms with Gasteiger partial charge in [0.05, 0.1) is 16.8 Å². The highest BCUT2D eigenvalue weighted by atomic mass is 15.2. The van der Waals surface area contributed by atoms with E-state index < -0.39 is 0 Å². The van der Waals surface area contributed by atoms with Gasteiger partial charge in [-0.15, -0.1) is 0 Å². The largest absolute Gasteiger partial charge is 0.357 e. The molecule has 0 saturated heterocycles. The molecule has 0 aliphatic heterocycles. The molecular formula is C25H28N6. The first-order valence-electron chi connectivity index (χ1n) is 11.1. The highest BCUT2D eigenvalue weighted by molar-refractivity contribution is 5.93. The summed E-state index contributed by atoms with van der Waals surface area (Å²) in [7, 11) is 0. The molecular weight excluding hydrogens is 384 g/mol. The smallest absolute Gasteiger partial charge is 0.150 e. The maximum Gasteiger partial charge on any atom is 0.150 e. The van der Waals surface area contributed by atoms with E-state index in [1.807, 2.05) is 24.4 Å². The summed E-state index contributed by atoms with van der Waals surface area (Å²) in [5, 5.41) is 1.03. The zero-order valence-electron chi connectivity index (χ0n) is 18.1. The molecule has 4 aromatic rings. The van der Waals surface area contributed by atoms with Crippen LogP contribution in [0.25, 0.3) is 28.1 Å². The van der Waals surface area contributed by atoms with Crippen LogP contribution in [0.5, 0.6) is 0 Å². The number of hydrogen-bond donors (Lipinski definition) is 1. The van der Waals surface area contributed by atoms with E-state index in [2.05, 4.69) is 68.6 Å². The lowest BCUT2D eigenvalue weighted by atomic mass is 9.73. The second-order valence-electron chi connectivity index (χ2n) is 8.24. The summed E-state index contributed by atoms with van der Waals surface area (Å²) in [6.07, 6.45) is 6.80. The van der Waals surface area contributed by atoms with Crippen LogP contribution in [-0.2, 0) is 5.54 Å². The van der Waals surface area contributed by atoms with Gasteiger partial charge in [0.15, 0.2) is 5.65 Å². The minimum absolute atomic E-state index is 0.167. The number of nitrogens with zero attached hydrogens (tertiary/aromatic N) is 5. The van der Waals surface area contributed by atoms with Gasteiger partial charge in [-0.1, -0.05) is 18.2 Å². The molecule has 31 heavy (non-hydrogen) atoms. The number of fused-ring (bicyclic) bond motifs is 1. The maximum absolute atomic E-state index is 6.55. The monoisotopic (exact) mass is 412 g/mol. The molecule has 6 nitrogen and oxygen atoms in total. The first kappa shape index (κ1) is 19.7. The average molecular weight is 413 g/mol. The Morgan fingerprint density at radius 1 is 1.00 bits per heavy atom. The van der Waals surface area contributed by atoms with Gasteiger partial charge < -0.3 is 10.6 Å². The lowest BCUT2D eigenvalue weighted by Crippen LogP contribution is -2.43. The molecule has 1 aliphatic rings.